The Kier molecular flexibility index (Phi) is 5.60. The Balaban J connectivity index is 1.75. The molecule has 3 nitrogen and oxygen atoms in total. The minimum atomic E-state index is 0.104. The second-order valence-electron chi connectivity index (χ2n) is 6.14. The third-order valence-electron chi connectivity index (χ3n) is 3.97. The van der Waals surface area contributed by atoms with Gasteiger partial charge in [0.05, 0.1) is 6.54 Å². The van der Waals surface area contributed by atoms with E-state index in [-0.39, 0.29) is 5.91 Å². The van der Waals surface area contributed by atoms with Crippen molar-refractivity contribution in [3.05, 3.63) is 35.9 Å². The molecule has 20 heavy (non-hydrogen) atoms. The van der Waals surface area contributed by atoms with Crippen molar-refractivity contribution in [2.24, 2.45) is 11.8 Å². The summed E-state index contributed by atoms with van der Waals surface area (Å²) in [5.74, 6) is 1.81. The fraction of sp³-hybridized carbons (Fsp3) is 0.588. The maximum Gasteiger partial charge on any atom is 0.233 e. The van der Waals surface area contributed by atoms with Gasteiger partial charge in [-0.2, -0.15) is 0 Å². The fourth-order valence-corrected chi connectivity index (χ4v) is 2.44. The van der Waals surface area contributed by atoms with Crippen LogP contribution in [-0.4, -0.2) is 25.5 Å². The predicted octanol–water partition coefficient (Wildman–Crippen LogP) is 2.54. The zero-order valence-corrected chi connectivity index (χ0v) is 12.6. The van der Waals surface area contributed by atoms with Crippen LogP contribution in [0.4, 0.5) is 0 Å². The molecule has 2 rings (SSSR count). The average Bonchev–Trinajstić information content (AvgIpc) is 3.24. The summed E-state index contributed by atoms with van der Waals surface area (Å²) in [5, 5.41) is 6.28. The van der Waals surface area contributed by atoms with Gasteiger partial charge in [0.15, 0.2) is 0 Å². The first-order valence-electron chi connectivity index (χ1n) is 7.69. The molecule has 1 atom stereocenters. The lowest BCUT2D eigenvalue weighted by atomic mass is 9.88. The number of benzene rings is 1. The summed E-state index contributed by atoms with van der Waals surface area (Å²) < 4.78 is 0. The Morgan fingerprint density at radius 1 is 1.25 bits per heavy atom. The van der Waals surface area contributed by atoms with E-state index in [1.54, 1.807) is 0 Å². The summed E-state index contributed by atoms with van der Waals surface area (Å²) in [6.07, 6.45) is 2.64. The smallest absolute Gasteiger partial charge is 0.233 e. The molecule has 0 heterocycles. The monoisotopic (exact) mass is 274 g/mol. The van der Waals surface area contributed by atoms with E-state index < -0.39 is 0 Å². The quantitative estimate of drug-likeness (QED) is 0.765. The fourth-order valence-electron chi connectivity index (χ4n) is 2.44. The molecule has 1 aromatic rings. The highest BCUT2D eigenvalue weighted by Crippen LogP contribution is 2.27. The predicted molar refractivity (Wildman–Crippen MR) is 82.6 cm³/mol. The van der Waals surface area contributed by atoms with Gasteiger partial charge in [0.25, 0.3) is 0 Å². The molecule has 2 N–H and O–H groups in total. The Bertz CT molecular complexity index is 412. The van der Waals surface area contributed by atoms with Crippen molar-refractivity contribution >= 4 is 5.91 Å². The molecule has 3 heteroatoms. The summed E-state index contributed by atoms with van der Waals surface area (Å²) >= 11 is 0. The standard InChI is InChI=1S/C17H26N2O/c1-13(2)16(15-6-4-3-5-7-15)11-19-17(20)12-18-10-14-8-9-14/h3-7,13-14,16,18H,8-12H2,1-2H3,(H,19,20). The zero-order chi connectivity index (χ0) is 14.4. The van der Waals surface area contributed by atoms with Crippen molar-refractivity contribution in [1.29, 1.82) is 0 Å². The van der Waals surface area contributed by atoms with Gasteiger partial charge in [0, 0.05) is 12.5 Å². The van der Waals surface area contributed by atoms with E-state index in [9.17, 15) is 4.79 Å². The largest absolute Gasteiger partial charge is 0.354 e. The minimum absolute atomic E-state index is 0.104. The van der Waals surface area contributed by atoms with Crippen molar-refractivity contribution in [3.63, 3.8) is 0 Å². The Hall–Kier alpha value is -1.35. The first kappa shape index (κ1) is 15.0. The molecule has 1 unspecified atom stereocenters. The van der Waals surface area contributed by atoms with Gasteiger partial charge in [0.2, 0.25) is 5.91 Å². The number of nitrogens with one attached hydrogen (secondary N) is 2. The third kappa shape index (κ3) is 4.97. The van der Waals surface area contributed by atoms with Crippen LogP contribution in [-0.2, 0) is 4.79 Å². The topological polar surface area (TPSA) is 41.1 Å². The van der Waals surface area contributed by atoms with Crippen LogP contribution in [0, 0.1) is 11.8 Å². The molecule has 1 saturated carbocycles. The maximum atomic E-state index is 11.8. The second-order valence-corrected chi connectivity index (χ2v) is 6.14. The van der Waals surface area contributed by atoms with E-state index in [1.807, 2.05) is 6.07 Å². The molecule has 0 saturated heterocycles. The van der Waals surface area contributed by atoms with Gasteiger partial charge in [-0.05, 0) is 36.8 Å². The van der Waals surface area contributed by atoms with E-state index in [1.165, 1.54) is 18.4 Å². The molecule has 0 aromatic heterocycles. The minimum Gasteiger partial charge on any atom is -0.354 e. The Labute approximate surface area is 122 Å². The van der Waals surface area contributed by atoms with E-state index in [0.29, 0.717) is 24.9 Å². The van der Waals surface area contributed by atoms with Gasteiger partial charge < -0.3 is 10.6 Å². The Morgan fingerprint density at radius 3 is 2.55 bits per heavy atom. The zero-order valence-electron chi connectivity index (χ0n) is 12.6. The van der Waals surface area contributed by atoms with Crippen LogP contribution in [0.2, 0.25) is 0 Å². The lowest BCUT2D eigenvalue weighted by Gasteiger charge is -2.22. The van der Waals surface area contributed by atoms with E-state index in [4.69, 9.17) is 0 Å². The summed E-state index contributed by atoms with van der Waals surface area (Å²) in [5.41, 5.74) is 1.30. The Morgan fingerprint density at radius 2 is 1.95 bits per heavy atom. The lowest BCUT2D eigenvalue weighted by Crippen LogP contribution is -2.37. The van der Waals surface area contributed by atoms with Gasteiger partial charge >= 0.3 is 0 Å². The normalized spacial score (nSPS) is 16.1. The average molecular weight is 274 g/mol. The summed E-state index contributed by atoms with van der Waals surface area (Å²) in [4.78, 5) is 11.8. The van der Waals surface area contributed by atoms with Crippen LogP contribution in [0.1, 0.15) is 38.2 Å². The van der Waals surface area contributed by atoms with Crippen molar-refractivity contribution in [1.82, 2.24) is 10.6 Å². The number of hydrogen-bond acceptors (Lipinski definition) is 2. The summed E-state index contributed by atoms with van der Waals surface area (Å²) in [6.45, 7) is 6.55. The van der Waals surface area contributed by atoms with Gasteiger partial charge in [-0.15, -0.1) is 0 Å². The molecule has 1 aromatic carbocycles. The molecular formula is C17H26N2O. The van der Waals surface area contributed by atoms with Crippen LogP contribution in [0.25, 0.3) is 0 Å². The van der Waals surface area contributed by atoms with E-state index in [2.05, 4.69) is 48.7 Å². The molecule has 110 valence electrons. The second kappa shape index (κ2) is 7.44. The molecule has 0 bridgehead atoms. The summed E-state index contributed by atoms with van der Waals surface area (Å²) in [7, 11) is 0. The molecule has 1 amide bonds. The highest BCUT2D eigenvalue weighted by atomic mass is 16.1. The van der Waals surface area contributed by atoms with E-state index in [0.717, 1.165) is 12.5 Å². The number of carbonyl (C=O) groups excluding carboxylic acids is 1. The van der Waals surface area contributed by atoms with Crippen LogP contribution >= 0.6 is 0 Å². The van der Waals surface area contributed by atoms with Crippen molar-refractivity contribution in [2.75, 3.05) is 19.6 Å². The van der Waals surface area contributed by atoms with Gasteiger partial charge in [0.1, 0.15) is 0 Å². The number of amides is 1. The molecule has 1 aliphatic carbocycles. The maximum absolute atomic E-state index is 11.8. The van der Waals surface area contributed by atoms with Gasteiger partial charge in [-0.1, -0.05) is 44.2 Å². The molecule has 0 spiro atoms. The third-order valence-corrected chi connectivity index (χ3v) is 3.97. The lowest BCUT2D eigenvalue weighted by molar-refractivity contribution is -0.120. The first-order valence-corrected chi connectivity index (χ1v) is 7.69. The van der Waals surface area contributed by atoms with Crippen LogP contribution in [0.15, 0.2) is 30.3 Å². The molecule has 1 fully saturated rings. The number of hydrogen-bond donors (Lipinski definition) is 2. The van der Waals surface area contributed by atoms with E-state index >= 15 is 0 Å². The first-order chi connectivity index (χ1) is 9.66. The van der Waals surface area contributed by atoms with Gasteiger partial charge in [-0.3, -0.25) is 4.79 Å². The molecular weight excluding hydrogens is 248 g/mol. The van der Waals surface area contributed by atoms with Crippen molar-refractivity contribution in [2.45, 2.75) is 32.6 Å². The molecule has 1 aliphatic rings. The highest BCUT2D eigenvalue weighted by molar-refractivity contribution is 5.78. The highest BCUT2D eigenvalue weighted by Gasteiger charge is 2.21. The van der Waals surface area contributed by atoms with Crippen LogP contribution in [0.3, 0.4) is 0 Å². The number of carbonyl (C=O) groups is 1. The molecule has 0 aliphatic heterocycles. The molecule has 0 radical (unpaired) electrons. The van der Waals surface area contributed by atoms with Gasteiger partial charge in [-0.25, -0.2) is 0 Å². The SMILES string of the molecule is CC(C)C(CNC(=O)CNCC1CC1)c1ccccc1. The number of rotatable bonds is 8. The van der Waals surface area contributed by atoms with Crippen molar-refractivity contribution in [3.8, 4) is 0 Å². The summed E-state index contributed by atoms with van der Waals surface area (Å²) in [6, 6.07) is 10.4. The van der Waals surface area contributed by atoms with Crippen molar-refractivity contribution < 1.29 is 4.79 Å². The van der Waals surface area contributed by atoms with Crippen LogP contribution in [0.5, 0.6) is 0 Å². The van der Waals surface area contributed by atoms with Crippen LogP contribution < -0.4 is 10.6 Å².